The number of benzene rings is 2. The summed E-state index contributed by atoms with van der Waals surface area (Å²) < 4.78 is 31.7. The number of carbonyl (C=O) groups excluding carboxylic acids is 1. The number of nitrogens with zero attached hydrogens (tertiary/aromatic N) is 1. The van der Waals surface area contributed by atoms with Crippen molar-refractivity contribution in [2.75, 3.05) is 17.7 Å². The normalized spacial score (nSPS) is 12.9. The van der Waals surface area contributed by atoms with Gasteiger partial charge in [0.2, 0.25) is 15.9 Å². The van der Waals surface area contributed by atoms with E-state index in [-0.39, 0.29) is 5.91 Å². The molecule has 7 heteroatoms. The van der Waals surface area contributed by atoms with E-state index >= 15 is 0 Å². The fraction of sp³-hybridized carbons (Fsp3) is 0.409. The van der Waals surface area contributed by atoms with Crippen LogP contribution in [0, 0.1) is 6.92 Å². The second kappa shape index (κ2) is 8.86. The second-order valence-electron chi connectivity index (χ2n) is 7.95. The molecule has 0 saturated carbocycles. The molecule has 0 bridgehead atoms. The van der Waals surface area contributed by atoms with Crippen LogP contribution in [0.5, 0.6) is 5.75 Å². The number of amides is 1. The topological polar surface area (TPSA) is 75.7 Å². The van der Waals surface area contributed by atoms with Gasteiger partial charge in [-0.1, -0.05) is 36.4 Å². The third kappa shape index (κ3) is 5.97. The van der Waals surface area contributed by atoms with Crippen LogP contribution >= 0.6 is 0 Å². The number of hydrogen-bond acceptors (Lipinski definition) is 4. The summed E-state index contributed by atoms with van der Waals surface area (Å²) in [6.07, 6.45) is 1.71. The maximum absolute atomic E-state index is 13.0. The van der Waals surface area contributed by atoms with Crippen molar-refractivity contribution in [2.45, 2.75) is 45.7 Å². The van der Waals surface area contributed by atoms with Gasteiger partial charge >= 0.3 is 0 Å². The molecule has 2 aromatic rings. The Kier molecular flexibility index (Phi) is 6.95. The largest absolute Gasteiger partial charge is 0.495 e. The lowest BCUT2D eigenvalue weighted by molar-refractivity contribution is -0.123. The van der Waals surface area contributed by atoms with Crippen LogP contribution in [0.3, 0.4) is 0 Å². The molecule has 1 amide bonds. The van der Waals surface area contributed by atoms with Crippen LogP contribution in [0.2, 0.25) is 0 Å². The molecular weight excluding hydrogens is 388 g/mol. The van der Waals surface area contributed by atoms with Gasteiger partial charge < -0.3 is 10.1 Å². The Labute approximate surface area is 173 Å². The van der Waals surface area contributed by atoms with Crippen LogP contribution in [-0.4, -0.2) is 39.3 Å². The molecule has 0 radical (unpaired) electrons. The van der Waals surface area contributed by atoms with Crippen LogP contribution in [0.4, 0.5) is 5.69 Å². The first-order valence-corrected chi connectivity index (χ1v) is 11.3. The molecular formula is C22H30N2O4S. The van der Waals surface area contributed by atoms with Gasteiger partial charge in [0, 0.05) is 5.54 Å². The van der Waals surface area contributed by atoms with Gasteiger partial charge in [-0.2, -0.15) is 0 Å². The molecule has 0 aliphatic heterocycles. The molecule has 158 valence electrons. The number of anilines is 1. The third-order valence-corrected chi connectivity index (χ3v) is 5.84. The fourth-order valence-electron chi connectivity index (χ4n) is 3.34. The number of aryl methyl sites for hydroxylation is 1. The van der Waals surface area contributed by atoms with E-state index in [1.807, 2.05) is 57.2 Å². The summed E-state index contributed by atoms with van der Waals surface area (Å²) in [6.45, 7) is 7.28. The van der Waals surface area contributed by atoms with Crippen molar-refractivity contribution < 1.29 is 17.9 Å². The maximum Gasteiger partial charge on any atom is 0.244 e. The van der Waals surface area contributed by atoms with Gasteiger partial charge in [0.1, 0.15) is 11.8 Å². The average molecular weight is 419 g/mol. The Morgan fingerprint density at radius 1 is 1.17 bits per heavy atom. The molecule has 0 saturated heterocycles. The van der Waals surface area contributed by atoms with Crippen LogP contribution < -0.4 is 14.4 Å². The Morgan fingerprint density at radius 2 is 1.79 bits per heavy atom. The fourth-order valence-corrected chi connectivity index (χ4v) is 4.51. The zero-order valence-electron chi connectivity index (χ0n) is 17.9. The predicted molar refractivity (Wildman–Crippen MR) is 117 cm³/mol. The Morgan fingerprint density at radius 3 is 2.34 bits per heavy atom. The number of ether oxygens (including phenoxy) is 1. The molecule has 0 aliphatic rings. The lowest BCUT2D eigenvalue weighted by atomic mass is 9.94. The van der Waals surface area contributed by atoms with E-state index in [9.17, 15) is 13.2 Å². The summed E-state index contributed by atoms with van der Waals surface area (Å²) in [5.74, 6) is 0.0177. The van der Waals surface area contributed by atoms with Gasteiger partial charge in [-0.25, -0.2) is 8.42 Å². The molecule has 0 fully saturated rings. The Hall–Kier alpha value is -2.54. The van der Waals surface area contributed by atoms with Crippen molar-refractivity contribution in [1.82, 2.24) is 5.32 Å². The van der Waals surface area contributed by atoms with Gasteiger partial charge in [-0.15, -0.1) is 0 Å². The molecule has 29 heavy (non-hydrogen) atoms. The molecule has 2 aromatic carbocycles. The Bertz CT molecular complexity index is 956. The number of methoxy groups -OCH3 is 1. The van der Waals surface area contributed by atoms with Crippen LogP contribution in [0.25, 0.3) is 0 Å². The molecule has 0 spiro atoms. The highest BCUT2D eigenvalue weighted by atomic mass is 32.2. The zero-order valence-corrected chi connectivity index (χ0v) is 18.7. The average Bonchev–Trinajstić information content (AvgIpc) is 2.60. The molecule has 1 unspecified atom stereocenters. The van der Waals surface area contributed by atoms with Crippen LogP contribution in [-0.2, 0) is 21.2 Å². The summed E-state index contributed by atoms with van der Waals surface area (Å²) in [4.78, 5) is 13.0. The highest BCUT2D eigenvalue weighted by Crippen LogP contribution is 2.32. The van der Waals surface area contributed by atoms with Gasteiger partial charge in [-0.05, 0) is 57.4 Å². The van der Waals surface area contributed by atoms with Crippen molar-refractivity contribution in [3.05, 3.63) is 59.7 Å². The quantitative estimate of drug-likeness (QED) is 0.714. The minimum atomic E-state index is -3.73. The molecule has 0 heterocycles. The van der Waals surface area contributed by atoms with Crippen molar-refractivity contribution in [3.8, 4) is 5.75 Å². The number of carbonyl (C=O) groups is 1. The molecule has 6 nitrogen and oxygen atoms in total. The summed E-state index contributed by atoms with van der Waals surface area (Å²) in [5.41, 5.74) is 1.75. The molecule has 2 rings (SSSR count). The molecule has 0 aliphatic carbocycles. The highest BCUT2D eigenvalue weighted by Gasteiger charge is 2.33. The number of rotatable bonds is 8. The van der Waals surface area contributed by atoms with E-state index < -0.39 is 21.6 Å². The first-order valence-electron chi connectivity index (χ1n) is 9.44. The summed E-state index contributed by atoms with van der Waals surface area (Å²) in [7, 11) is -2.26. The van der Waals surface area contributed by atoms with E-state index in [2.05, 4.69) is 5.32 Å². The standard InChI is InChI=1S/C22H30N2O4S/c1-16-12-13-20(28-5)19(14-16)24(29(6,26)27)17(2)21(25)23-22(3,4)15-18-10-8-7-9-11-18/h7-14,17H,15H2,1-6H3,(H,23,25). The second-order valence-corrected chi connectivity index (χ2v) is 9.81. The van der Waals surface area contributed by atoms with Crippen molar-refractivity contribution in [1.29, 1.82) is 0 Å². The zero-order chi connectivity index (χ0) is 21.8. The SMILES string of the molecule is COc1ccc(C)cc1N(C(C)C(=O)NC(C)(C)Cc1ccccc1)S(C)(=O)=O. The number of nitrogens with one attached hydrogen (secondary N) is 1. The monoisotopic (exact) mass is 418 g/mol. The van der Waals surface area contributed by atoms with Gasteiger partial charge in [0.15, 0.2) is 0 Å². The van der Waals surface area contributed by atoms with Crippen LogP contribution in [0.1, 0.15) is 31.9 Å². The Balaban J connectivity index is 2.31. The first-order chi connectivity index (χ1) is 13.4. The van der Waals surface area contributed by atoms with Gasteiger partial charge in [0.25, 0.3) is 0 Å². The highest BCUT2D eigenvalue weighted by molar-refractivity contribution is 7.92. The summed E-state index contributed by atoms with van der Waals surface area (Å²) in [6, 6.07) is 14.1. The molecule has 1 N–H and O–H groups in total. The van der Waals surface area contributed by atoms with Gasteiger partial charge in [-0.3, -0.25) is 9.10 Å². The summed E-state index contributed by atoms with van der Waals surface area (Å²) in [5, 5.41) is 2.99. The van der Waals surface area contributed by atoms with E-state index in [1.54, 1.807) is 19.1 Å². The number of sulfonamides is 1. The van der Waals surface area contributed by atoms with E-state index in [1.165, 1.54) is 7.11 Å². The predicted octanol–water partition coefficient (Wildman–Crippen LogP) is 3.30. The minimum Gasteiger partial charge on any atom is -0.495 e. The lowest BCUT2D eigenvalue weighted by Gasteiger charge is -2.33. The molecule has 0 aromatic heterocycles. The summed E-state index contributed by atoms with van der Waals surface area (Å²) >= 11 is 0. The van der Waals surface area contributed by atoms with Crippen molar-refractivity contribution in [2.24, 2.45) is 0 Å². The van der Waals surface area contributed by atoms with E-state index in [0.29, 0.717) is 17.9 Å². The van der Waals surface area contributed by atoms with Crippen molar-refractivity contribution >= 4 is 21.6 Å². The number of hydrogen-bond donors (Lipinski definition) is 1. The maximum atomic E-state index is 13.0. The smallest absolute Gasteiger partial charge is 0.244 e. The minimum absolute atomic E-state index is 0.346. The first kappa shape index (κ1) is 22.7. The van der Waals surface area contributed by atoms with Crippen LogP contribution in [0.15, 0.2) is 48.5 Å². The van der Waals surface area contributed by atoms with E-state index in [4.69, 9.17) is 4.74 Å². The third-order valence-electron chi connectivity index (χ3n) is 4.61. The molecule has 1 atom stereocenters. The van der Waals surface area contributed by atoms with E-state index in [0.717, 1.165) is 21.7 Å². The van der Waals surface area contributed by atoms with Crippen molar-refractivity contribution in [3.63, 3.8) is 0 Å². The van der Waals surface area contributed by atoms with Gasteiger partial charge in [0.05, 0.1) is 19.1 Å². The lowest BCUT2D eigenvalue weighted by Crippen LogP contribution is -2.54.